The molecule has 2 N–H and O–H groups in total. The lowest BCUT2D eigenvalue weighted by atomic mass is 9.93. The highest BCUT2D eigenvalue weighted by Gasteiger charge is 2.48. The average molecular weight is 373 g/mol. The molecule has 0 saturated carbocycles. The van der Waals surface area contributed by atoms with Gasteiger partial charge in [0.15, 0.2) is 0 Å². The molecule has 6 nitrogen and oxygen atoms in total. The van der Waals surface area contributed by atoms with Crippen LogP contribution < -0.4 is 10.7 Å². The molecular formula is C19H17F2N3O3. The SMILES string of the molecule is CC1(CCc2ccccc2)NC(=O)N(NC(=O)c2cc(F)cc(F)c2)C1=O. The van der Waals surface area contributed by atoms with E-state index in [4.69, 9.17) is 0 Å². The van der Waals surface area contributed by atoms with Gasteiger partial charge in [0.25, 0.3) is 11.8 Å². The van der Waals surface area contributed by atoms with Crippen molar-refractivity contribution in [3.63, 3.8) is 0 Å². The van der Waals surface area contributed by atoms with E-state index in [9.17, 15) is 23.2 Å². The fourth-order valence-electron chi connectivity index (χ4n) is 2.85. The number of aryl methyl sites for hydroxylation is 1. The summed E-state index contributed by atoms with van der Waals surface area (Å²) in [5.41, 5.74) is 1.56. The highest BCUT2D eigenvalue weighted by atomic mass is 19.1. The third-order valence-electron chi connectivity index (χ3n) is 4.36. The minimum atomic E-state index is -1.20. The second-order valence-corrected chi connectivity index (χ2v) is 6.49. The smallest absolute Gasteiger partial charge is 0.322 e. The maximum Gasteiger partial charge on any atom is 0.344 e. The number of nitrogens with one attached hydrogen (secondary N) is 2. The number of rotatable bonds is 5. The molecule has 0 spiro atoms. The van der Waals surface area contributed by atoms with E-state index in [0.29, 0.717) is 23.9 Å². The average Bonchev–Trinajstić information content (AvgIpc) is 2.83. The number of carbonyl (C=O) groups excluding carboxylic acids is 3. The van der Waals surface area contributed by atoms with E-state index >= 15 is 0 Å². The zero-order valence-electron chi connectivity index (χ0n) is 14.5. The molecule has 2 aromatic rings. The topological polar surface area (TPSA) is 78.5 Å². The zero-order valence-corrected chi connectivity index (χ0v) is 14.5. The first-order valence-electron chi connectivity index (χ1n) is 8.26. The summed E-state index contributed by atoms with van der Waals surface area (Å²) in [4.78, 5) is 37.0. The standard InChI is InChI=1S/C19H17F2N3O3/c1-19(8-7-12-5-3-2-4-6-12)17(26)24(18(27)22-19)23-16(25)13-9-14(20)11-15(21)10-13/h2-6,9-11H,7-8H2,1H3,(H,22,27)(H,23,25). The highest BCUT2D eigenvalue weighted by molar-refractivity contribution is 6.09. The van der Waals surface area contributed by atoms with Crippen LogP contribution in [0.15, 0.2) is 48.5 Å². The van der Waals surface area contributed by atoms with E-state index in [2.05, 4.69) is 10.7 Å². The van der Waals surface area contributed by atoms with Gasteiger partial charge in [0.05, 0.1) is 0 Å². The Morgan fingerprint density at radius 1 is 1.11 bits per heavy atom. The summed E-state index contributed by atoms with van der Waals surface area (Å²) in [5, 5.41) is 3.09. The van der Waals surface area contributed by atoms with Gasteiger partial charge in [0, 0.05) is 11.6 Å². The van der Waals surface area contributed by atoms with Gasteiger partial charge in [-0.05, 0) is 37.5 Å². The Kier molecular flexibility index (Phi) is 4.89. The van der Waals surface area contributed by atoms with Crippen LogP contribution in [-0.2, 0) is 11.2 Å². The summed E-state index contributed by atoms with van der Waals surface area (Å²) in [5.74, 6) is -3.49. The van der Waals surface area contributed by atoms with Crippen molar-refractivity contribution in [2.75, 3.05) is 0 Å². The molecule has 1 saturated heterocycles. The molecule has 27 heavy (non-hydrogen) atoms. The largest absolute Gasteiger partial charge is 0.344 e. The maximum atomic E-state index is 13.3. The number of hydrogen-bond donors (Lipinski definition) is 2. The lowest BCUT2D eigenvalue weighted by Crippen LogP contribution is -2.49. The molecule has 1 aliphatic heterocycles. The third kappa shape index (κ3) is 3.94. The van der Waals surface area contributed by atoms with E-state index < -0.39 is 35.0 Å². The van der Waals surface area contributed by atoms with Crippen LogP contribution in [0.5, 0.6) is 0 Å². The number of amides is 4. The third-order valence-corrected chi connectivity index (χ3v) is 4.36. The second-order valence-electron chi connectivity index (χ2n) is 6.49. The number of hydrazine groups is 1. The lowest BCUT2D eigenvalue weighted by Gasteiger charge is -2.21. The number of hydrogen-bond acceptors (Lipinski definition) is 3. The van der Waals surface area contributed by atoms with Gasteiger partial charge in [-0.25, -0.2) is 13.6 Å². The molecule has 1 unspecified atom stereocenters. The highest BCUT2D eigenvalue weighted by Crippen LogP contribution is 2.22. The number of halogens is 2. The quantitative estimate of drug-likeness (QED) is 0.791. The molecular weight excluding hydrogens is 356 g/mol. The molecule has 1 atom stereocenters. The summed E-state index contributed by atoms with van der Waals surface area (Å²) in [6, 6.07) is 10.9. The van der Waals surface area contributed by atoms with E-state index in [0.717, 1.165) is 17.7 Å². The number of nitrogens with zero attached hydrogens (tertiary/aromatic N) is 1. The fourth-order valence-corrected chi connectivity index (χ4v) is 2.85. The number of urea groups is 1. The van der Waals surface area contributed by atoms with Crippen LogP contribution in [0.4, 0.5) is 13.6 Å². The molecule has 0 bridgehead atoms. The molecule has 0 aliphatic carbocycles. The van der Waals surface area contributed by atoms with Crippen LogP contribution in [0.2, 0.25) is 0 Å². The fraction of sp³-hybridized carbons (Fsp3) is 0.211. The van der Waals surface area contributed by atoms with Crippen molar-refractivity contribution in [2.24, 2.45) is 0 Å². The van der Waals surface area contributed by atoms with Gasteiger partial charge in [-0.3, -0.25) is 15.0 Å². The summed E-state index contributed by atoms with van der Waals surface area (Å²) >= 11 is 0. The maximum absolute atomic E-state index is 13.3. The number of imide groups is 1. The van der Waals surface area contributed by atoms with Crippen LogP contribution in [0.25, 0.3) is 0 Å². The van der Waals surface area contributed by atoms with Crippen LogP contribution >= 0.6 is 0 Å². The Labute approximate surface area is 154 Å². The van der Waals surface area contributed by atoms with Crippen molar-refractivity contribution in [1.82, 2.24) is 15.8 Å². The Morgan fingerprint density at radius 3 is 2.37 bits per heavy atom. The monoisotopic (exact) mass is 373 g/mol. The van der Waals surface area contributed by atoms with Crippen molar-refractivity contribution in [3.8, 4) is 0 Å². The Balaban J connectivity index is 1.70. The zero-order chi connectivity index (χ0) is 19.6. The second kappa shape index (κ2) is 7.14. The molecule has 1 fully saturated rings. The van der Waals surface area contributed by atoms with Gasteiger partial charge in [0.1, 0.15) is 17.2 Å². The molecule has 0 aromatic heterocycles. The molecule has 0 radical (unpaired) electrons. The van der Waals surface area contributed by atoms with Gasteiger partial charge < -0.3 is 5.32 Å². The Morgan fingerprint density at radius 2 is 1.74 bits per heavy atom. The first kappa shape index (κ1) is 18.5. The van der Waals surface area contributed by atoms with Gasteiger partial charge in [-0.1, -0.05) is 30.3 Å². The van der Waals surface area contributed by atoms with Crippen LogP contribution in [0, 0.1) is 11.6 Å². The minimum absolute atomic E-state index is 0.322. The summed E-state index contributed by atoms with van der Waals surface area (Å²) in [6.45, 7) is 1.56. The molecule has 2 aromatic carbocycles. The van der Waals surface area contributed by atoms with Crippen molar-refractivity contribution < 1.29 is 23.2 Å². The van der Waals surface area contributed by atoms with Crippen molar-refractivity contribution in [2.45, 2.75) is 25.3 Å². The van der Waals surface area contributed by atoms with E-state index in [1.165, 1.54) is 0 Å². The first-order valence-corrected chi connectivity index (χ1v) is 8.26. The molecule has 8 heteroatoms. The summed E-state index contributed by atoms with van der Waals surface area (Å²) < 4.78 is 26.5. The Hall–Kier alpha value is -3.29. The number of carbonyl (C=O) groups is 3. The summed E-state index contributed by atoms with van der Waals surface area (Å²) in [6.07, 6.45) is 0.864. The lowest BCUT2D eigenvalue weighted by molar-refractivity contribution is -0.132. The van der Waals surface area contributed by atoms with Gasteiger partial charge in [-0.2, -0.15) is 5.01 Å². The number of benzene rings is 2. The molecule has 1 heterocycles. The van der Waals surface area contributed by atoms with Gasteiger partial charge >= 0.3 is 6.03 Å². The van der Waals surface area contributed by atoms with Crippen molar-refractivity contribution >= 4 is 17.8 Å². The normalized spacial score (nSPS) is 19.1. The molecule has 1 aliphatic rings. The predicted octanol–water partition coefficient (Wildman–Crippen LogP) is 2.55. The van der Waals surface area contributed by atoms with E-state index in [1.54, 1.807) is 6.92 Å². The van der Waals surface area contributed by atoms with E-state index in [1.807, 2.05) is 30.3 Å². The van der Waals surface area contributed by atoms with E-state index in [-0.39, 0.29) is 5.56 Å². The minimum Gasteiger partial charge on any atom is -0.322 e. The molecule has 140 valence electrons. The van der Waals surface area contributed by atoms with Crippen LogP contribution in [-0.4, -0.2) is 28.4 Å². The van der Waals surface area contributed by atoms with Gasteiger partial charge in [-0.15, -0.1) is 0 Å². The Bertz CT molecular complexity index is 884. The van der Waals surface area contributed by atoms with Crippen molar-refractivity contribution in [3.05, 3.63) is 71.3 Å². The van der Waals surface area contributed by atoms with Gasteiger partial charge in [0.2, 0.25) is 0 Å². The first-order chi connectivity index (χ1) is 12.8. The predicted molar refractivity (Wildman–Crippen MR) is 92.4 cm³/mol. The molecule has 4 amide bonds. The van der Waals surface area contributed by atoms with Crippen LogP contribution in [0.3, 0.4) is 0 Å². The summed E-state index contributed by atoms with van der Waals surface area (Å²) in [7, 11) is 0. The molecule has 3 rings (SSSR count). The van der Waals surface area contributed by atoms with Crippen LogP contribution in [0.1, 0.15) is 29.3 Å². The van der Waals surface area contributed by atoms with Crippen molar-refractivity contribution in [1.29, 1.82) is 0 Å².